The van der Waals surface area contributed by atoms with E-state index >= 15 is 0 Å². The number of nitrogens with zero attached hydrogens (tertiary/aromatic N) is 2. The summed E-state index contributed by atoms with van der Waals surface area (Å²) in [5.41, 5.74) is 6.75. The van der Waals surface area contributed by atoms with Crippen LogP contribution in [0.4, 0.5) is 5.69 Å². The lowest BCUT2D eigenvalue weighted by molar-refractivity contribution is -0.425. The largest absolute Gasteiger partial charge is 0.410 e. The van der Waals surface area contributed by atoms with Crippen molar-refractivity contribution in [3.8, 4) is 0 Å². The number of carbonyl (C=O) groups is 1. The zero-order chi connectivity index (χ0) is 15.4. The molecule has 1 aromatic heterocycles. The minimum atomic E-state index is -0.0974. The number of quaternary nitrogens is 1. The summed E-state index contributed by atoms with van der Waals surface area (Å²) < 4.78 is 5.39. The molecule has 0 aliphatic heterocycles. The van der Waals surface area contributed by atoms with Gasteiger partial charge < -0.3 is 15.5 Å². The number of thioether (sulfide) groups is 1. The van der Waals surface area contributed by atoms with E-state index in [0.717, 1.165) is 16.8 Å². The summed E-state index contributed by atoms with van der Waals surface area (Å²) in [5.74, 6) is 0.605. The smallest absolute Gasteiger partial charge is 0.277 e. The Hall–Kier alpha value is -1.86. The minimum absolute atomic E-state index is 0.0599. The van der Waals surface area contributed by atoms with Crippen molar-refractivity contribution in [1.29, 1.82) is 0 Å². The van der Waals surface area contributed by atoms with Crippen molar-refractivity contribution < 1.29 is 14.9 Å². The molecule has 0 saturated heterocycles. The van der Waals surface area contributed by atoms with Gasteiger partial charge in [-0.25, -0.2) is 0 Å². The predicted molar refractivity (Wildman–Crippen MR) is 80.9 cm³/mol. The van der Waals surface area contributed by atoms with Crippen molar-refractivity contribution >= 4 is 23.4 Å². The van der Waals surface area contributed by atoms with Gasteiger partial charge in [0.25, 0.3) is 11.1 Å². The van der Waals surface area contributed by atoms with E-state index in [1.165, 1.54) is 11.8 Å². The molecule has 1 aromatic carbocycles. The van der Waals surface area contributed by atoms with E-state index in [0.29, 0.717) is 11.1 Å². The molecule has 0 bridgehead atoms. The molecule has 0 aliphatic rings. The number of anilines is 1. The molecule has 1 atom stereocenters. The Kier molecular flexibility index (Phi) is 4.98. The van der Waals surface area contributed by atoms with Crippen LogP contribution in [0.15, 0.2) is 27.8 Å². The summed E-state index contributed by atoms with van der Waals surface area (Å²) in [6, 6.07) is 5.84. The highest BCUT2D eigenvalue weighted by Gasteiger charge is 2.14. The summed E-state index contributed by atoms with van der Waals surface area (Å²) in [6.45, 7) is 5.81. The molecule has 2 rings (SSSR count). The van der Waals surface area contributed by atoms with Crippen LogP contribution in [-0.2, 0) is 4.79 Å². The molecule has 4 N–H and O–H groups in total. The van der Waals surface area contributed by atoms with E-state index in [1.807, 2.05) is 39.0 Å². The molecule has 112 valence electrons. The summed E-state index contributed by atoms with van der Waals surface area (Å²) in [7, 11) is 0. The van der Waals surface area contributed by atoms with Crippen molar-refractivity contribution in [2.24, 2.45) is 0 Å². The molecule has 0 aliphatic carbocycles. The van der Waals surface area contributed by atoms with Gasteiger partial charge in [0, 0.05) is 5.69 Å². The molecular weight excluding hydrogens is 288 g/mol. The van der Waals surface area contributed by atoms with Crippen LogP contribution in [0.5, 0.6) is 0 Å². The van der Waals surface area contributed by atoms with Gasteiger partial charge in [-0.1, -0.05) is 30.0 Å². The van der Waals surface area contributed by atoms with Crippen molar-refractivity contribution in [2.75, 3.05) is 11.1 Å². The highest BCUT2D eigenvalue weighted by molar-refractivity contribution is 7.99. The SMILES string of the molecule is Cc1cccc(C)c1NC(=O)CSc1nnc([C@H](C)[NH3+])o1. The van der Waals surface area contributed by atoms with Crippen molar-refractivity contribution in [3.63, 3.8) is 0 Å². The third kappa shape index (κ3) is 4.05. The monoisotopic (exact) mass is 307 g/mol. The number of amides is 1. The maximum Gasteiger partial charge on any atom is 0.277 e. The fourth-order valence-electron chi connectivity index (χ4n) is 1.79. The second kappa shape index (κ2) is 6.73. The first-order valence-corrected chi connectivity index (χ1v) is 7.61. The first-order valence-electron chi connectivity index (χ1n) is 6.62. The lowest BCUT2D eigenvalue weighted by atomic mass is 10.1. The Morgan fingerprint density at radius 3 is 2.62 bits per heavy atom. The maximum atomic E-state index is 12.0. The number of rotatable bonds is 5. The standard InChI is InChI=1S/C14H18N4O2S/c1-8-5-4-6-9(2)12(8)16-11(19)7-21-14-18-17-13(20-14)10(3)15/h4-6,10H,7,15H2,1-3H3,(H,16,19)/p+1/t10-/m0/s1. The van der Waals surface area contributed by atoms with Crippen molar-refractivity contribution in [3.05, 3.63) is 35.2 Å². The number of aromatic nitrogens is 2. The third-order valence-corrected chi connectivity index (χ3v) is 3.73. The molecule has 7 heteroatoms. The van der Waals surface area contributed by atoms with Crippen molar-refractivity contribution in [1.82, 2.24) is 10.2 Å². The summed E-state index contributed by atoms with van der Waals surface area (Å²) in [6.07, 6.45) is 0. The molecule has 0 fully saturated rings. The molecule has 0 radical (unpaired) electrons. The maximum absolute atomic E-state index is 12.0. The Balaban J connectivity index is 1.93. The molecule has 21 heavy (non-hydrogen) atoms. The number of carbonyl (C=O) groups excluding carboxylic acids is 1. The molecule has 6 nitrogen and oxygen atoms in total. The van der Waals surface area contributed by atoms with Crippen LogP contribution in [-0.4, -0.2) is 21.9 Å². The summed E-state index contributed by atoms with van der Waals surface area (Å²) in [4.78, 5) is 12.0. The highest BCUT2D eigenvalue weighted by Crippen LogP contribution is 2.21. The number of aryl methyl sites for hydroxylation is 2. The first kappa shape index (κ1) is 15.5. The van der Waals surface area contributed by atoms with Crippen LogP contribution in [0.2, 0.25) is 0 Å². The van der Waals surface area contributed by atoms with Gasteiger partial charge in [0.2, 0.25) is 5.91 Å². The van der Waals surface area contributed by atoms with Gasteiger partial charge >= 0.3 is 0 Å². The topological polar surface area (TPSA) is 95.7 Å². The Labute approximate surface area is 127 Å². The van der Waals surface area contributed by atoms with Crippen LogP contribution >= 0.6 is 11.8 Å². The first-order chi connectivity index (χ1) is 9.97. The quantitative estimate of drug-likeness (QED) is 0.820. The minimum Gasteiger partial charge on any atom is -0.410 e. The Morgan fingerprint density at radius 1 is 1.38 bits per heavy atom. The molecular formula is C14H19N4O2S+. The average molecular weight is 307 g/mol. The van der Waals surface area contributed by atoms with E-state index in [-0.39, 0.29) is 17.7 Å². The van der Waals surface area contributed by atoms with Crippen LogP contribution in [0.25, 0.3) is 0 Å². The summed E-state index contributed by atoms with van der Waals surface area (Å²) >= 11 is 1.22. The number of hydrogen-bond acceptors (Lipinski definition) is 5. The second-order valence-corrected chi connectivity index (χ2v) is 5.84. The van der Waals surface area contributed by atoms with Crippen LogP contribution in [0, 0.1) is 13.8 Å². The lowest BCUT2D eigenvalue weighted by Crippen LogP contribution is -2.51. The lowest BCUT2D eigenvalue weighted by Gasteiger charge is -2.10. The third-order valence-electron chi connectivity index (χ3n) is 2.92. The van der Waals surface area contributed by atoms with Gasteiger partial charge in [-0.2, -0.15) is 0 Å². The van der Waals surface area contributed by atoms with Gasteiger partial charge in [-0.15, -0.1) is 10.2 Å². The predicted octanol–water partition coefficient (Wildman–Crippen LogP) is 1.72. The van der Waals surface area contributed by atoms with Crippen LogP contribution in [0.1, 0.15) is 30.0 Å². The fourth-order valence-corrected chi connectivity index (χ4v) is 2.36. The van der Waals surface area contributed by atoms with Crippen LogP contribution in [0.3, 0.4) is 0 Å². The van der Waals surface area contributed by atoms with E-state index < -0.39 is 0 Å². The van der Waals surface area contributed by atoms with E-state index in [1.54, 1.807) is 0 Å². The van der Waals surface area contributed by atoms with Crippen molar-refractivity contribution in [2.45, 2.75) is 32.0 Å². The molecule has 1 heterocycles. The van der Waals surface area contributed by atoms with Gasteiger partial charge in [-0.05, 0) is 31.9 Å². The van der Waals surface area contributed by atoms with E-state index in [9.17, 15) is 4.79 Å². The zero-order valence-electron chi connectivity index (χ0n) is 12.3. The number of hydrogen-bond donors (Lipinski definition) is 2. The molecule has 0 saturated carbocycles. The number of para-hydroxylation sites is 1. The van der Waals surface area contributed by atoms with Gasteiger partial charge in [-0.3, -0.25) is 4.79 Å². The molecule has 1 amide bonds. The van der Waals surface area contributed by atoms with Crippen LogP contribution < -0.4 is 11.1 Å². The van der Waals surface area contributed by atoms with Gasteiger partial charge in [0.1, 0.15) is 0 Å². The Morgan fingerprint density at radius 2 is 2.05 bits per heavy atom. The van der Waals surface area contributed by atoms with Gasteiger partial charge in [0.05, 0.1) is 5.75 Å². The number of benzene rings is 1. The zero-order valence-corrected chi connectivity index (χ0v) is 13.2. The molecule has 0 spiro atoms. The second-order valence-electron chi connectivity index (χ2n) is 4.91. The fraction of sp³-hybridized carbons (Fsp3) is 0.357. The normalized spacial score (nSPS) is 12.2. The highest BCUT2D eigenvalue weighted by atomic mass is 32.2. The van der Waals surface area contributed by atoms with E-state index in [2.05, 4.69) is 21.2 Å². The summed E-state index contributed by atoms with van der Waals surface area (Å²) in [5, 5.41) is 11.1. The van der Waals surface area contributed by atoms with Gasteiger partial charge in [0.15, 0.2) is 6.04 Å². The molecule has 0 unspecified atom stereocenters. The Bertz CT molecular complexity index is 619. The molecule has 2 aromatic rings. The average Bonchev–Trinajstić information content (AvgIpc) is 2.90. The van der Waals surface area contributed by atoms with E-state index in [4.69, 9.17) is 4.42 Å². The number of nitrogens with one attached hydrogen (secondary N) is 1.